The minimum Gasteiger partial charge on any atom is -0.495 e. The van der Waals surface area contributed by atoms with E-state index in [1.165, 1.54) is 0 Å². The van der Waals surface area contributed by atoms with Crippen LogP contribution >= 0.6 is 11.6 Å². The Kier molecular flexibility index (Phi) is 3.55. The SMILES string of the molecule is COc1ccc(C(O)c2ccc3c(c2)CCO3)cc1Cl. The van der Waals surface area contributed by atoms with Crippen LogP contribution < -0.4 is 9.47 Å². The molecule has 0 aliphatic carbocycles. The van der Waals surface area contributed by atoms with Gasteiger partial charge in [-0.3, -0.25) is 0 Å². The van der Waals surface area contributed by atoms with Gasteiger partial charge in [-0.1, -0.05) is 23.7 Å². The van der Waals surface area contributed by atoms with Gasteiger partial charge in [0.15, 0.2) is 0 Å². The molecule has 0 saturated heterocycles. The number of ether oxygens (including phenoxy) is 2. The molecule has 0 spiro atoms. The third-order valence-corrected chi connectivity index (χ3v) is 3.82. The number of hydrogen-bond acceptors (Lipinski definition) is 3. The molecule has 4 heteroatoms. The number of aliphatic hydroxyl groups is 1. The van der Waals surface area contributed by atoms with Crippen LogP contribution in [0.3, 0.4) is 0 Å². The van der Waals surface area contributed by atoms with Crippen molar-refractivity contribution in [2.45, 2.75) is 12.5 Å². The van der Waals surface area contributed by atoms with Gasteiger partial charge in [0.25, 0.3) is 0 Å². The van der Waals surface area contributed by atoms with E-state index in [2.05, 4.69) is 0 Å². The van der Waals surface area contributed by atoms with Gasteiger partial charge in [-0.25, -0.2) is 0 Å². The Labute approximate surface area is 122 Å². The van der Waals surface area contributed by atoms with Gasteiger partial charge >= 0.3 is 0 Å². The summed E-state index contributed by atoms with van der Waals surface area (Å²) in [5.74, 6) is 1.51. The number of aliphatic hydroxyl groups excluding tert-OH is 1. The highest BCUT2D eigenvalue weighted by Crippen LogP contribution is 2.33. The van der Waals surface area contributed by atoms with Crippen molar-refractivity contribution in [3.05, 3.63) is 58.1 Å². The van der Waals surface area contributed by atoms with Crippen LogP contribution in [0, 0.1) is 0 Å². The van der Waals surface area contributed by atoms with Crippen LogP contribution in [-0.4, -0.2) is 18.8 Å². The summed E-state index contributed by atoms with van der Waals surface area (Å²) in [4.78, 5) is 0. The molecule has 0 aromatic heterocycles. The van der Waals surface area contributed by atoms with Crippen LogP contribution in [0.25, 0.3) is 0 Å². The summed E-state index contributed by atoms with van der Waals surface area (Å²) in [7, 11) is 1.57. The highest BCUT2D eigenvalue weighted by Gasteiger charge is 2.17. The lowest BCUT2D eigenvalue weighted by Gasteiger charge is -2.14. The Bertz CT molecular complexity index is 640. The third kappa shape index (κ3) is 2.35. The van der Waals surface area contributed by atoms with Crippen molar-refractivity contribution >= 4 is 11.6 Å². The van der Waals surface area contributed by atoms with Gasteiger partial charge in [-0.05, 0) is 41.0 Å². The minimum absolute atomic E-state index is 0.494. The smallest absolute Gasteiger partial charge is 0.137 e. The average molecular weight is 291 g/mol. The fraction of sp³-hybridized carbons (Fsp3) is 0.250. The Morgan fingerprint density at radius 1 is 1.20 bits per heavy atom. The van der Waals surface area contributed by atoms with Gasteiger partial charge in [-0.2, -0.15) is 0 Å². The first-order chi connectivity index (χ1) is 9.69. The van der Waals surface area contributed by atoms with E-state index in [0.717, 1.165) is 28.9 Å². The maximum absolute atomic E-state index is 10.5. The molecule has 0 bridgehead atoms. The van der Waals surface area contributed by atoms with E-state index in [9.17, 15) is 5.11 Å². The van der Waals surface area contributed by atoms with Crippen molar-refractivity contribution in [3.8, 4) is 11.5 Å². The molecule has 104 valence electrons. The zero-order valence-corrected chi connectivity index (χ0v) is 11.9. The number of methoxy groups -OCH3 is 1. The van der Waals surface area contributed by atoms with Crippen molar-refractivity contribution in [1.29, 1.82) is 0 Å². The van der Waals surface area contributed by atoms with Crippen LogP contribution in [0.15, 0.2) is 36.4 Å². The first-order valence-electron chi connectivity index (χ1n) is 6.46. The summed E-state index contributed by atoms with van der Waals surface area (Å²) >= 11 is 6.10. The maximum Gasteiger partial charge on any atom is 0.137 e. The number of fused-ring (bicyclic) bond motifs is 1. The van der Waals surface area contributed by atoms with Crippen molar-refractivity contribution in [2.75, 3.05) is 13.7 Å². The molecular formula is C16H15ClO3. The topological polar surface area (TPSA) is 38.7 Å². The second-order valence-electron chi connectivity index (χ2n) is 4.76. The lowest BCUT2D eigenvalue weighted by atomic mass is 9.99. The van der Waals surface area contributed by atoms with Gasteiger partial charge in [0.2, 0.25) is 0 Å². The first kappa shape index (κ1) is 13.3. The highest BCUT2D eigenvalue weighted by molar-refractivity contribution is 6.32. The van der Waals surface area contributed by atoms with Crippen LogP contribution in [0.1, 0.15) is 22.8 Å². The Hall–Kier alpha value is -1.71. The van der Waals surface area contributed by atoms with Crippen molar-refractivity contribution in [3.63, 3.8) is 0 Å². The van der Waals surface area contributed by atoms with Crippen LogP contribution in [0.5, 0.6) is 11.5 Å². The van der Waals surface area contributed by atoms with Crippen molar-refractivity contribution in [1.82, 2.24) is 0 Å². The average Bonchev–Trinajstić information content (AvgIpc) is 2.93. The van der Waals surface area contributed by atoms with Crippen molar-refractivity contribution < 1.29 is 14.6 Å². The van der Waals surface area contributed by atoms with E-state index < -0.39 is 6.10 Å². The van der Waals surface area contributed by atoms with Gasteiger partial charge < -0.3 is 14.6 Å². The van der Waals surface area contributed by atoms with Crippen LogP contribution in [0.4, 0.5) is 0 Å². The minimum atomic E-state index is -0.704. The van der Waals surface area contributed by atoms with Crippen molar-refractivity contribution in [2.24, 2.45) is 0 Å². The molecule has 0 amide bonds. The molecule has 2 aromatic rings. The Balaban J connectivity index is 1.92. The molecule has 3 rings (SSSR count). The molecule has 1 unspecified atom stereocenters. The molecule has 1 aliphatic rings. The fourth-order valence-electron chi connectivity index (χ4n) is 2.42. The van der Waals surface area contributed by atoms with E-state index >= 15 is 0 Å². The summed E-state index contributed by atoms with van der Waals surface area (Å²) in [5, 5.41) is 11.0. The molecular weight excluding hydrogens is 276 g/mol. The summed E-state index contributed by atoms with van der Waals surface area (Å²) in [6.45, 7) is 0.712. The quantitative estimate of drug-likeness (QED) is 0.942. The lowest BCUT2D eigenvalue weighted by molar-refractivity contribution is 0.220. The van der Waals surface area contributed by atoms with E-state index in [1.54, 1.807) is 19.2 Å². The molecule has 1 aliphatic heterocycles. The largest absolute Gasteiger partial charge is 0.495 e. The molecule has 3 nitrogen and oxygen atoms in total. The Morgan fingerprint density at radius 3 is 2.70 bits per heavy atom. The predicted molar refractivity (Wildman–Crippen MR) is 77.7 cm³/mol. The number of hydrogen-bond donors (Lipinski definition) is 1. The summed E-state index contributed by atoms with van der Waals surface area (Å²) in [5.41, 5.74) is 2.73. The molecule has 1 heterocycles. The first-order valence-corrected chi connectivity index (χ1v) is 6.84. The number of benzene rings is 2. The molecule has 0 fully saturated rings. The standard InChI is InChI=1S/C16H15ClO3/c1-19-15-5-3-12(9-13(15)17)16(18)11-2-4-14-10(8-11)6-7-20-14/h2-5,8-9,16,18H,6-7H2,1H3. The van der Waals surface area contributed by atoms with Gasteiger partial charge in [-0.15, -0.1) is 0 Å². The highest BCUT2D eigenvalue weighted by atomic mass is 35.5. The van der Waals surface area contributed by atoms with E-state index in [1.807, 2.05) is 24.3 Å². The fourth-order valence-corrected chi connectivity index (χ4v) is 2.69. The molecule has 2 aromatic carbocycles. The summed E-state index contributed by atoms with van der Waals surface area (Å²) < 4.78 is 10.6. The normalized spacial score (nSPS) is 14.6. The Morgan fingerprint density at radius 2 is 1.95 bits per heavy atom. The maximum atomic E-state index is 10.5. The van der Waals surface area contributed by atoms with E-state index in [4.69, 9.17) is 21.1 Å². The monoisotopic (exact) mass is 290 g/mol. The zero-order chi connectivity index (χ0) is 14.1. The summed E-state index contributed by atoms with van der Waals surface area (Å²) in [6, 6.07) is 11.1. The third-order valence-electron chi connectivity index (χ3n) is 3.52. The summed E-state index contributed by atoms with van der Waals surface area (Å²) in [6.07, 6.45) is 0.184. The second kappa shape index (κ2) is 5.35. The van der Waals surface area contributed by atoms with E-state index in [-0.39, 0.29) is 0 Å². The second-order valence-corrected chi connectivity index (χ2v) is 5.17. The lowest BCUT2D eigenvalue weighted by Crippen LogP contribution is -2.00. The molecule has 0 radical (unpaired) electrons. The molecule has 1 atom stereocenters. The van der Waals surface area contributed by atoms with E-state index in [0.29, 0.717) is 17.4 Å². The molecule has 0 saturated carbocycles. The van der Waals surface area contributed by atoms with Gasteiger partial charge in [0, 0.05) is 6.42 Å². The predicted octanol–water partition coefficient (Wildman–Crippen LogP) is 3.37. The van der Waals surface area contributed by atoms with Crippen LogP contribution in [-0.2, 0) is 6.42 Å². The van der Waals surface area contributed by atoms with Gasteiger partial charge in [0.1, 0.15) is 17.6 Å². The number of halogens is 1. The van der Waals surface area contributed by atoms with Crippen LogP contribution in [0.2, 0.25) is 5.02 Å². The zero-order valence-electron chi connectivity index (χ0n) is 11.1. The molecule has 20 heavy (non-hydrogen) atoms. The molecule has 1 N–H and O–H groups in total. The number of rotatable bonds is 3. The van der Waals surface area contributed by atoms with Gasteiger partial charge in [0.05, 0.1) is 18.7 Å².